The Morgan fingerprint density at radius 1 is 1.15 bits per heavy atom. The summed E-state index contributed by atoms with van der Waals surface area (Å²) >= 11 is 0. The molecule has 2 aromatic rings. The van der Waals surface area contributed by atoms with Crippen molar-refractivity contribution in [2.45, 2.75) is 39.7 Å². The van der Waals surface area contributed by atoms with Crippen molar-refractivity contribution in [3.8, 4) is 0 Å². The Labute approximate surface area is 121 Å². The Morgan fingerprint density at radius 2 is 1.80 bits per heavy atom. The lowest BCUT2D eigenvalue weighted by molar-refractivity contribution is -0.128. The average Bonchev–Trinajstić information content (AvgIpc) is 2.46. The number of nitrogens with two attached hydrogens (primary N) is 1. The monoisotopic (exact) mass is 269 g/mol. The van der Waals surface area contributed by atoms with Crippen LogP contribution in [0.4, 0.5) is 0 Å². The Kier molecular flexibility index (Phi) is 4.24. The van der Waals surface area contributed by atoms with E-state index >= 15 is 0 Å². The molecule has 106 valence electrons. The normalized spacial score (nSPS) is 13.4. The molecule has 2 heteroatoms. The summed E-state index contributed by atoms with van der Waals surface area (Å²) in [5.41, 5.74) is 6.96. The van der Waals surface area contributed by atoms with Crippen LogP contribution in [0.1, 0.15) is 32.8 Å². The summed E-state index contributed by atoms with van der Waals surface area (Å²) < 4.78 is 0. The van der Waals surface area contributed by atoms with Gasteiger partial charge in [-0.1, -0.05) is 63.2 Å². The SMILES string of the molecule is CCC(C)(C)C(=O)[C@@H](N)Cc1cccc2ccccc12. The molecule has 0 unspecified atom stereocenters. The van der Waals surface area contributed by atoms with Gasteiger partial charge in [-0.2, -0.15) is 0 Å². The van der Waals surface area contributed by atoms with Crippen LogP contribution in [0.2, 0.25) is 0 Å². The first kappa shape index (κ1) is 14.7. The Hall–Kier alpha value is -1.67. The molecule has 0 aliphatic carbocycles. The molecule has 0 fully saturated rings. The fourth-order valence-corrected chi connectivity index (χ4v) is 2.48. The maximum absolute atomic E-state index is 12.4. The highest BCUT2D eigenvalue weighted by atomic mass is 16.1. The molecule has 2 rings (SSSR count). The van der Waals surface area contributed by atoms with E-state index in [4.69, 9.17) is 5.73 Å². The fraction of sp³-hybridized carbons (Fsp3) is 0.389. The molecule has 0 saturated heterocycles. The third-order valence-corrected chi connectivity index (χ3v) is 4.21. The van der Waals surface area contributed by atoms with Gasteiger partial charge in [0.1, 0.15) is 0 Å². The molecular weight excluding hydrogens is 246 g/mol. The summed E-state index contributed by atoms with van der Waals surface area (Å²) in [7, 11) is 0. The lowest BCUT2D eigenvalue weighted by Crippen LogP contribution is -2.41. The Bertz CT molecular complexity index is 610. The van der Waals surface area contributed by atoms with Gasteiger partial charge in [0.15, 0.2) is 5.78 Å². The number of carbonyl (C=O) groups is 1. The highest BCUT2D eigenvalue weighted by molar-refractivity contribution is 5.91. The number of hydrogen-bond donors (Lipinski definition) is 1. The van der Waals surface area contributed by atoms with E-state index in [1.807, 2.05) is 39.0 Å². The largest absolute Gasteiger partial charge is 0.321 e. The number of benzene rings is 2. The molecule has 2 nitrogen and oxygen atoms in total. The van der Waals surface area contributed by atoms with Gasteiger partial charge < -0.3 is 5.73 Å². The molecular formula is C18H23NO. The van der Waals surface area contributed by atoms with Crippen LogP contribution in [0, 0.1) is 5.41 Å². The minimum absolute atomic E-state index is 0.146. The molecule has 0 amide bonds. The van der Waals surface area contributed by atoms with E-state index in [2.05, 4.69) is 24.3 Å². The maximum Gasteiger partial charge on any atom is 0.155 e. The minimum atomic E-state index is -0.434. The molecule has 2 aromatic carbocycles. The summed E-state index contributed by atoms with van der Waals surface area (Å²) in [6.07, 6.45) is 1.42. The topological polar surface area (TPSA) is 43.1 Å². The second-order valence-corrected chi connectivity index (χ2v) is 6.05. The Balaban J connectivity index is 2.27. The zero-order valence-electron chi connectivity index (χ0n) is 12.5. The van der Waals surface area contributed by atoms with Crippen LogP contribution in [0.3, 0.4) is 0 Å². The van der Waals surface area contributed by atoms with Crippen LogP contribution in [0.5, 0.6) is 0 Å². The highest BCUT2D eigenvalue weighted by Crippen LogP contribution is 2.25. The maximum atomic E-state index is 12.4. The second kappa shape index (κ2) is 5.76. The van der Waals surface area contributed by atoms with Gasteiger partial charge >= 0.3 is 0 Å². The molecule has 0 aliphatic rings. The van der Waals surface area contributed by atoms with Crippen LogP contribution >= 0.6 is 0 Å². The van der Waals surface area contributed by atoms with Crippen molar-refractivity contribution in [3.05, 3.63) is 48.0 Å². The van der Waals surface area contributed by atoms with E-state index in [0.717, 1.165) is 12.0 Å². The van der Waals surface area contributed by atoms with Crippen molar-refractivity contribution < 1.29 is 4.79 Å². The van der Waals surface area contributed by atoms with Gasteiger partial charge in [-0.15, -0.1) is 0 Å². The molecule has 0 aliphatic heterocycles. The first-order valence-electron chi connectivity index (χ1n) is 7.22. The van der Waals surface area contributed by atoms with E-state index in [1.54, 1.807) is 0 Å². The number of fused-ring (bicyclic) bond motifs is 1. The summed E-state index contributed by atoms with van der Waals surface area (Å²) in [4.78, 5) is 12.4. The van der Waals surface area contributed by atoms with Gasteiger partial charge in [0.2, 0.25) is 0 Å². The predicted molar refractivity (Wildman–Crippen MR) is 84.7 cm³/mol. The summed E-state index contributed by atoms with van der Waals surface area (Å²) in [6.45, 7) is 5.97. The highest BCUT2D eigenvalue weighted by Gasteiger charge is 2.30. The van der Waals surface area contributed by atoms with Crippen molar-refractivity contribution in [1.82, 2.24) is 0 Å². The van der Waals surface area contributed by atoms with Crippen LogP contribution < -0.4 is 5.73 Å². The van der Waals surface area contributed by atoms with Crippen molar-refractivity contribution in [3.63, 3.8) is 0 Å². The Morgan fingerprint density at radius 3 is 2.50 bits per heavy atom. The molecule has 0 bridgehead atoms. The molecule has 0 saturated carbocycles. The first-order valence-corrected chi connectivity index (χ1v) is 7.22. The second-order valence-electron chi connectivity index (χ2n) is 6.05. The van der Waals surface area contributed by atoms with E-state index in [9.17, 15) is 4.79 Å². The van der Waals surface area contributed by atoms with Crippen LogP contribution in [0.25, 0.3) is 10.8 Å². The zero-order chi connectivity index (χ0) is 14.8. The number of carbonyl (C=O) groups excluding carboxylic acids is 1. The van der Waals surface area contributed by atoms with Crippen molar-refractivity contribution in [2.24, 2.45) is 11.1 Å². The third kappa shape index (κ3) is 2.91. The number of ketones is 1. The minimum Gasteiger partial charge on any atom is -0.321 e. The number of hydrogen-bond acceptors (Lipinski definition) is 2. The first-order chi connectivity index (χ1) is 9.45. The van der Waals surface area contributed by atoms with Gasteiger partial charge in [0.05, 0.1) is 6.04 Å². The fourth-order valence-electron chi connectivity index (χ4n) is 2.48. The zero-order valence-corrected chi connectivity index (χ0v) is 12.5. The van der Waals surface area contributed by atoms with E-state index in [0.29, 0.717) is 6.42 Å². The predicted octanol–water partition coefficient (Wildman–Crippen LogP) is 3.71. The molecule has 20 heavy (non-hydrogen) atoms. The van der Waals surface area contributed by atoms with Gasteiger partial charge in [-0.3, -0.25) is 4.79 Å². The van der Waals surface area contributed by atoms with Gasteiger partial charge in [0, 0.05) is 5.41 Å². The molecule has 2 N–H and O–H groups in total. The van der Waals surface area contributed by atoms with Gasteiger partial charge in [-0.25, -0.2) is 0 Å². The number of Topliss-reactive ketones (excluding diaryl/α,β-unsaturated/α-hetero) is 1. The van der Waals surface area contributed by atoms with Crippen LogP contribution in [0.15, 0.2) is 42.5 Å². The van der Waals surface area contributed by atoms with E-state index in [-0.39, 0.29) is 11.2 Å². The molecule has 1 atom stereocenters. The van der Waals surface area contributed by atoms with Crippen LogP contribution in [-0.4, -0.2) is 11.8 Å². The van der Waals surface area contributed by atoms with Crippen molar-refractivity contribution >= 4 is 16.6 Å². The average molecular weight is 269 g/mol. The standard InChI is InChI=1S/C18H23NO/c1-4-18(2,3)17(20)16(19)12-14-10-7-9-13-8-5-6-11-15(13)14/h5-11,16H,4,12,19H2,1-3H3/t16-/m0/s1. The summed E-state index contributed by atoms with van der Waals surface area (Å²) in [6, 6.07) is 14.0. The molecule has 0 radical (unpaired) electrons. The summed E-state index contributed by atoms with van der Waals surface area (Å²) in [5, 5.41) is 2.38. The smallest absolute Gasteiger partial charge is 0.155 e. The van der Waals surface area contributed by atoms with E-state index < -0.39 is 6.04 Å². The van der Waals surface area contributed by atoms with Crippen molar-refractivity contribution in [1.29, 1.82) is 0 Å². The lowest BCUT2D eigenvalue weighted by Gasteiger charge is -2.25. The lowest BCUT2D eigenvalue weighted by atomic mass is 9.80. The van der Waals surface area contributed by atoms with Crippen molar-refractivity contribution in [2.75, 3.05) is 0 Å². The number of rotatable bonds is 5. The van der Waals surface area contributed by atoms with E-state index in [1.165, 1.54) is 10.8 Å². The molecule has 0 aromatic heterocycles. The quantitative estimate of drug-likeness (QED) is 0.899. The molecule has 0 heterocycles. The van der Waals surface area contributed by atoms with Crippen LogP contribution in [-0.2, 0) is 11.2 Å². The van der Waals surface area contributed by atoms with Gasteiger partial charge in [-0.05, 0) is 29.2 Å². The van der Waals surface area contributed by atoms with Gasteiger partial charge in [0.25, 0.3) is 0 Å². The third-order valence-electron chi connectivity index (χ3n) is 4.21. The molecule has 0 spiro atoms. The summed E-state index contributed by atoms with van der Waals surface area (Å²) in [5.74, 6) is 0.146.